The van der Waals surface area contributed by atoms with Gasteiger partial charge in [-0.2, -0.15) is 0 Å². The van der Waals surface area contributed by atoms with Crippen molar-refractivity contribution in [2.45, 2.75) is 26.2 Å². The van der Waals surface area contributed by atoms with Gasteiger partial charge in [-0.15, -0.1) is 0 Å². The lowest BCUT2D eigenvalue weighted by Crippen LogP contribution is -2.36. The van der Waals surface area contributed by atoms with Crippen molar-refractivity contribution in [1.82, 2.24) is 24.4 Å². The lowest BCUT2D eigenvalue weighted by Gasteiger charge is -2.26. The van der Waals surface area contributed by atoms with Crippen LogP contribution in [0.2, 0.25) is 0 Å². The number of nitrogens with one attached hydrogen (secondary N) is 2. The van der Waals surface area contributed by atoms with Crippen molar-refractivity contribution in [2.24, 2.45) is 0 Å². The molecule has 1 aromatic carbocycles. The summed E-state index contributed by atoms with van der Waals surface area (Å²) in [5.41, 5.74) is 6.02. The van der Waals surface area contributed by atoms with Crippen molar-refractivity contribution in [3.63, 3.8) is 0 Å². The number of fused-ring (bicyclic) bond motifs is 2. The summed E-state index contributed by atoms with van der Waals surface area (Å²) in [6, 6.07) is 6.83. The molecular formula is C21H21FN6O. The van der Waals surface area contributed by atoms with E-state index in [1.165, 1.54) is 12.5 Å². The Balaban J connectivity index is 1.52. The molecule has 29 heavy (non-hydrogen) atoms. The monoisotopic (exact) mass is 392 g/mol. The standard InChI is InChI=1S/C21H21FN6O/c1-13-11-27-12-15(10-17(22)19(27)23-13)14-5-6-18-16(9-14)20(29)25-21(24-18)26-28-7-3-2-4-8-28/h5-6,9-12H,2-4,7-8H2,1H3,(H2,24,25,26,29). The van der Waals surface area contributed by atoms with Crippen LogP contribution in [0.5, 0.6) is 0 Å². The highest BCUT2D eigenvalue weighted by molar-refractivity contribution is 5.84. The first-order valence-electron chi connectivity index (χ1n) is 9.78. The van der Waals surface area contributed by atoms with Crippen LogP contribution in [0.4, 0.5) is 10.3 Å². The number of rotatable bonds is 3. The van der Waals surface area contributed by atoms with Gasteiger partial charge in [-0.25, -0.2) is 19.4 Å². The Morgan fingerprint density at radius 1 is 1.07 bits per heavy atom. The summed E-state index contributed by atoms with van der Waals surface area (Å²) in [4.78, 5) is 24.2. The van der Waals surface area contributed by atoms with Crippen LogP contribution in [0.15, 0.2) is 41.5 Å². The van der Waals surface area contributed by atoms with Crippen LogP contribution in [0.1, 0.15) is 25.0 Å². The van der Waals surface area contributed by atoms with Crippen molar-refractivity contribution in [3.05, 3.63) is 58.5 Å². The van der Waals surface area contributed by atoms with Gasteiger partial charge in [-0.3, -0.25) is 15.2 Å². The van der Waals surface area contributed by atoms with Crippen molar-refractivity contribution in [2.75, 3.05) is 18.5 Å². The van der Waals surface area contributed by atoms with E-state index in [2.05, 4.69) is 25.4 Å². The van der Waals surface area contributed by atoms with Gasteiger partial charge in [-0.1, -0.05) is 12.5 Å². The largest absolute Gasteiger partial charge is 0.304 e. The molecule has 0 aliphatic carbocycles. The molecule has 0 unspecified atom stereocenters. The third kappa shape index (κ3) is 3.36. The maximum atomic E-state index is 14.4. The summed E-state index contributed by atoms with van der Waals surface area (Å²) in [7, 11) is 0. The molecule has 7 nitrogen and oxygen atoms in total. The molecule has 4 aromatic rings. The number of benzene rings is 1. The Hall–Kier alpha value is -3.26. The minimum absolute atomic E-state index is 0.226. The number of aryl methyl sites for hydroxylation is 1. The number of hydrazine groups is 1. The molecule has 1 fully saturated rings. The van der Waals surface area contributed by atoms with Crippen LogP contribution < -0.4 is 11.0 Å². The third-order valence-corrected chi connectivity index (χ3v) is 5.29. The molecule has 0 saturated carbocycles. The van der Waals surface area contributed by atoms with Crippen LogP contribution in [0.3, 0.4) is 0 Å². The van der Waals surface area contributed by atoms with Crippen LogP contribution in [0, 0.1) is 12.7 Å². The highest BCUT2D eigenvalue weighted by Crippen LogP contribution is 2.25. The molecule has 1 saturated heterocycles. The molecule has 0 bridgehead atoms. The van der Waals surface area contributed by atoms with Gasteiger partial charge < -0.3 is 4.40 Å². The summed E-state index contributed by atoms with van der Waals surface area (Å²) in [5.74, 6) is 0.0438. The zero-order valence-corrected chi connectivity index (χ0v) is 16.1. The fraction of sp³-hybridized carbons (Fsp3) is 0.286. The maximum Gasteiger partial charge on any atom is 0.260 e. The van der Waals surface area contributed by atoms with Crippen molar-refractivity contribution < 1.29 is 4.39 Å². The molecule has 1 aliphatic rings. The lowest BCUT2D eigenvalue weighted by molar-refractivity contribution is 0.271. The van der Waals surface area contributed by atoms with E-state index in [4.69, 9.17) is 0 Å². The first kappa shape index (κ1) is 17.8. The number of halogens is 1. The molecule has 0 amide bonds. The third-order valence-electron chi connectivity index (χ3n) is 5.29. The average Bonchev–Trinajstić information content (AvgIpc) is 3.09. The molecule has 5 rings (SSSR count). The second-order valence-electron chi connectivity index (χ2n) is 7.50. The van der Waals surface area contributed by atoms with E-state index >= 15 is 0 Å². The first-order chi connectivity index (χ1) is 14.1. The van der Waals surface area contributed by atoms with Gasteiger partial charge in [0.15, 0.2) is 11.5 Å². The Labute approximate surface area is 166 Å². The van der Waals surface area contributed by atoms with E-state index in [1.807, 2.05) is 19.2 Å². The number of aromatic amines is 1. The predicted molar refractivity (Wildman–Crippen MR) is 110 cm³/mol. The van der Waals surface area contributed by atoms with Gasteiger partial charge in [0.2, 0.25) is 5.95 Å². The van der Waals surface area contributed by atoms with Crippen molar-refractivity contribution in [1.29, 1.82) is 0 Å². The Kier molecular flexibility index (Phi) is 4.28. The maximum absolute atomic E-state index is 14.4. The average molecular weight is 392 g/mol. The number of hydrogen-bond acceptors (Lipinski definition) is 5. The number of nitrogens with zero attached hydrogens (tertiary/aromatic N) is 4. The molecule has 0 radical (unpaired) electrons. The van der Waals surface area contributed by atoms with Gasteiger partial charge in [0.1, 0.15) is 0 Å². The van der Waals surface area contributed by atoms with Crippen LogP contribution in [-0.4, -0.2) is 37.5 Å². The summed E-state index contributed by atoms with van der Waals surface area (Å²) in [5, 5.41) is 2.54. The van der Waals surface area contributed by atoms with Gasteiger partial charge in [0.05, 0.1) is 16.6 Å². The Morgan fingerprint density at radius 3 is 2.72 bits per heavy atom. The van der Waals surface area contributed by atoms with Gasteiger partial charge in [0, 0.05) is 31.0 Å². The number of pyridine rings is 1. The fourth-order valence-corrected chi connectivity index (χ4v) is 3.86. The topological polar surface area (TPSA) is 78.3 Å². The van der Waals surface area contributed by atoms with E-state index in [0.717, 1.165) is 37.2 Å². The SMILES string of the molecule is Cc1cn2cc(-c3ccc4nc(NN5CCCCC5)[nH]c(=O)c4c3)cc(F)c2n1. The smallest absolute Gasteiger partial charge is 0.260 e. The van der Waals surface area contributed by atoms with Crippen molar-refractivity contribution in [3.8, 4) is 11.1 Å². The lowest BCUT2D eigenvalue weighted by atomic mass is 10.1. The number of aromatic nitrogens is 4. The van der Waals surface area contributed by atoms with E-state index in [9.17, 15) is 9.18 Å². The zero-order valence-electron chi connectivity index (χ0n) is 16.1. The molecule has 0 atom stereocenters. The number of anilines is 1. The highest BCUT2D eigenvalue weighted by atomic mass is 19.1. The highest BCUT2D eigenvalue weighted by Gasteiger charge is 2.13. The number of imidazole rings is 1. The molecule has 148 valence electrons. The molecule has 0 spiro atoms. The number of hydrogen-bond donors (Lipinski definition) is 2. The van der Waals surface area contributed by atoms with Crippen LogP contribution >= 0.6 is 0 Å². The summed E-state index contributed by atoms with van der Waals surface area (Å²) in [6.45, 7) is 3.69. The molecule has 3 aromatic heterocycles. The summed E-state index contributed by atoms with van der Waals surface area (Å²) in [6.07, 6.45) is 7.08. The molecule has 1 aliphatic heterocycles. The quantitative estimate of drug-likeness (QED) is 0.558. The summed E-state index contributed by atoms with van der Waals surface area (Å²) < 4.78 is 16.1. The minimum Gasteiger partial charge on any atom is -0.304 e. The van der Waals surface area contributed by atoms with Gasteiger partial charge in [-0.05, 0) is 43.5 Å². The van der Waals surface area contributed by atoms with Crippen LogP contribution in [0.25, 0.3) is 27.7 Å². The molecule has 8 heteroatoms. The van der Waals surface area contributed by atoms with Gasteiger partial charge >= 0.3 is 0 Å². The molecule has 2 N–H and O–H groups in total. The second kappa shape index (κ2) is 6.97. The first-order valence-corrected chi connectivity index (χ1v) is 9.78. The summed E-state index contributed by atoms with van der Waals surface area (Å²) >= 11 is 0. The number of H-pyrrole nitrogens is 1. The molecular weight excluding hydrogens is 371 g/mol. The Bertz CT molecular complexity index is 1270. The molecule has 4 heterocycles. The zero-order chi connectivity index (χ0) is 20.0. The minimum atomic E-state index is -0.399. The normalized spacial score (nSPS) is 15.2. The fourth-order valence-electron chi connectivity index (χ4n) is 3.86. The second-order valence-corrected chi connectivity index (χ2v) is 7.50. The Morgan fingerprint density at radius 2 is 1.90 bits per heavy atom. The van der Waals surface area contributed by atoms with E-state index in [-0.39, 0.29) is 5.56 Å². The van der Waals surface area contributed by atoms with E-state index < -0.39 is 5.82 Å². The van der Waals surface area contributed by atoms with E-state index in [0.29, 0.717) is 28.1 Å². The number of piperidine rings is 1. The van der Waals surface area contributed by atoms with Gasteiger partial charge in [0.25, 0.3) is 5.56 Å². The predicted octanol–water partition coefficient (Wildman–Crippen LogP) is 3.50. The van der Waals surface area contributed by atoms with Crippen molar-refractivity contribution >= 4 is 22.5 Å². The van der Waals surface area contributed by atoms with Crippen LogP contribution in [-0.2, 0) is 0 Å². The van der Waals surface area contributed by atoms with E-state index in [1.54, 1.807) is 22.7 Å².